The molecule has 4 aliphatic rings. The molecule has 0 saturated heterocycles. The average molecular weight is 473 g/mol. The Kier molecular flexibility index (Phi) is 7.05. The van der Waals surface area contributed by atoms with E-state index in [0.29, 0.717) is 35.9 Å². The van der Waals surface area contributed by atoms with E-state index in [1.807, 2.05) is 6.92 Å². The maximum Gasteiger partial charge on any atom is 0.305 e. The molecule has 4 aliphatic carbocycles. The van der Waals surface area contributed by atoms with Gasteiger partial charge in [-0.2, -0.15) is 0 Å². The van der Waals surface area contributed by atoms with E-state index < -0.39 is 0 Å². The fraction of sp³-hybridized carbons (Fsp3) is 0.828. The van der Waals surface area contributed by atoms with Gasteiger partial charge in [-0.15, -0.1) is 0 Å². The fourth-order valence-corrected chi connectivity index (χ4v) is 9.14. The van der Waals surface area contributed by atoms with Crippen LogP contribution < -0.4 is 0 Å². The Morgan fingerprint density at radius 2 is 1.76 bits per heavy atom. The number of carbonyl (C=O) groups excluding carboxylic acids is 3. The lowest BCUT2D eigenvalue weighted by atomic mass is 9.43. The molecular formula is C29H44O5. The molecule has 0 heterocycles. The van der Waals surface area contributed by atoms with Crippen molar-refractivity contribution in [2.45, 2.75) is 98.5 Å². The zero-order valence-electron chi connectivity index (χ0n) is 22.0. The number of hydrogen-bond donors (Lipinski definition) is 0. The maximum absolute atomic E-state index is 14.1. The van der Waals surface area contributed by atoms with Crippen LogP contribution in [0.2, 0.25) is 0 Å². The Balaban J connectivity index is 1.59. The SMILES string of the molecule is C/C=C1/C(=O)C2[C@H](CCC3(C)[C@@H]([C@H](C)CCC(=O)OC)CC[C@@H]23)C2(C)CC[C@@H](OC(C)=O)CC12. The third-order valence-electron chi connectivity index (χ3n) is 10.8. The number of carbonyl (C=O) groups is 3. The first kappa shape index (κ1) is 25.4. The van der Waals surface area contributed by atoms with Crippen molar-refractivity contribution in [1.82, 2.24) is 0 Å². The lowest BCUT2D eigenvalue weighted by Gasteiger charge is -2.61. The van der Waals surface area contributed by atoms with Crippen LogP contribution in [0.15, 0.2) is 11.6 Å². The molecule has 4 unspecified atom stereocenters. The molecule has 0 bridgehead atoms. The van der Waals surface area contributed by atoms with Crippen LogP contribution in [-0.4, -0.2) is 30.9 Å². The van der Waals surface area contributed by atoms with Crippen molar-refractivity contribution in [3.8, 4) is 0 Å². The van der Waals surface area contributed by atoms with E-state index >= 15 is 0 Å². The zero-order chi connectivity index (χ0) is 24.8. The van der Waals surface area contributed by atoms with Crippen molar-refractivity contribution in [3.05, 3.63) is 11.6 Å². The normalized spacial score (nSPS) is 43.5. The summed E-state index contributed by atoms with van der Waals surface area (Å²) in [6.07, 6.45) is 10.6. The molecule has 34 heavy (non-hydrogen) atoms. The highest BCUT2D eigenvalue weighted by Gasteiger charge is 2.64. The quantitative estimate of drug-likeness (QED) is 0.368. The minimum absolute atomic E-state index is 0.0738. The highest BCUT2D eigenvalue weighted by molar-refractivity contribution is 5.99. The Hall–Kier alpha value is -1.65. The standard InChI is InChI=1S/C29H44O5/c1-7-20-24-16-19(34-18(3)30)12-14-29(24,5)23-13-15-28(4)21(17(2)8-11-25(31)33-6)9-10-22(28)26(23)27(20)32/h7,17,19,21-24,26H,8-16H2,1-6H3/b20-7+/t17-,19-,21-,22+,23+,24?,26?,28?,29?/m1/s1. The number of fused-ring (bicyclic) bond motifs is 5. The second kappa shape index (κ2) is 9.43. The summed E-state index contributed by atoms with van der Waals surface area (Å²) < 4.78 is 10.5. The van der Waals surface area contributed by atoms with Crippen molar-refractivity contribution in [2.75, 3.05) is 7.11 Å². The van der Waals surface area contributed by atoms with E-state index in [-0.39, 0.29) is 40.7 Å². The molecular weight excluding hydrogens is 428 g/mol. The maximum atomic E-state index is 14.1. The molecule has 0 aromatic heterocycles. The number of esters is 2. The van der Waals surface area contributed by atoms with Gasteiger partial charge in [-0.1, -0.05) is 26.8 Å². The number of methoxy groups -OCH3 is 1. The van der Waals surface area contributed by atoms with Crippen molar-refractivity contribution < 1.29 is 23.9 Å². The van der Waals surface area contributed by atoms with Gasteiger partial charge in [0.05, 0.1) is 7.11 Å². The smallest absolute Gasteiger partial charge is 0.305 e. The summed E-state index contributed by atoms with van der Waals surface area (Å²) in [4.78, 5) is 37.5. The molecule has 0 radical (unpaired) electrons. The zero-order valence-corrected chi connectivity index (χ0v) is 22.0. The summed E-state index contributed by atoms with van der Waals surface area (Å²) in [5.41, 5.74) is 1.24. The summed E-state index contributed by atoms with van der Waals surface area (Å²) >= 11 is 0. The molecule has 0 spiro atoms. The first-order valence-electron chi connectivity index (χ1n) is 13.5. The van der Waals surface area contributed by atoms with E-state index in [1.54, 1.807) is 0 Å². The average Bonchev–Trinajstić information content (AvgIpc) is 3.15. The third kappa shape index (κ3) is 4.05. The predicted octanol–water partition coefficient (Wildman–Crippen LogP) is 5.90. The van der Waals surface area contributed by atoms with E-state index in [2.05, 4.69) is 26.8 Å². The van der Waals surface area contributed by atoms with Crippen molar-refractivity contribution >= 4 is 17.7 Å². The van der Waals surface area contributed by atoms with Gasteiger partial charge in [-0.05, 0) is 104 Å². The number of ether oxygens (including phenoxy) is 2. The number of allylic oxidation sites excluding steroid dienone is 2. The van der Waals surface area contributed by atoms with E-state index in [4.69, 9.17) is 9.47 Å². The molecule has 0 aromatic carbocycles. The van der Waals surface area contributed by atoms with Crippen LogP contribution in [-0.2, 0) is 23.9 Å². The second-order valence-corrected chi connectivity index (χ2v) is 12.2. The van der Waals surface area contributed by atoms with Gasteiger partial charge in [-0.25, -0.2) is 0 Å². The van der Waals surface area contributed by atoms with Gasteiger partial charge in [0.1, 0.15) is 6.10 Å². The molecule has 190 valence electrons. The summed E-state index contributed by atoms with van der Waals surface area (Å²) in [6, 6.07) is 0. The first-order valence-corrected chi connectivity index (χ1v) is 13.5. The van der Waals surface area contributed by atoms with Crippen LogP contribution in [0.1, 0.15) is 92.4 Å². The minimum Gasteiger partial charge on any atom is -0.469 e. The molecule has 4 saturated carbocycles. The Labute approximate surface area is 205 Å². The van der Waals surface area contributed by atoms with Gasteiger partial charge >= 0.3 is 11.9 Å². The molecule has 5 nitrogen and oxygen atoms in total. The van der Waals surface area contributed by atoms with Crippen molar-refractivity contribution in [2.24, 2.45) is 46.3 Å². The predicted molar refractivity (Wildman–Crippen MR) is 131 cm³/mol. The minimum atomic E-state index is -0.220. The molecule has 4 fully saturated rings. The van der Waals surface area contributed by atoms with E-state index in [0.717, 1.165) is 50.5 Å². The highest BCUT2D eigenvalue weighted by Crippen LogP contribution is 2.68. The van der Waals surface area contributed by atoms with Gasteiger partial charge in [0, 0.05) is 19.3 Å². The Morgan fingerprint density at radius 3 is 2.41 bits per heavy atom. The molecule has 0 aromatic rings. The first-order chi connectivity index (χ1) is 16.1. The molecule has 0 amide bonds. The Morgan fingerprint density at radius 1 is 1.09 bits per heavy atom. The lowest BCUT2D eigenvalue weighted by molar-refractivity contribution is -0.160. The third-order valence-corrected chi connectivity index (χ3v) is 10.8. The molecule has 5 heteroatoms. The summed E-state index contributed by atoms with van der Waals surface area (Å²) in [5, 5.41) is 0. The van der Waals surface area contributed by atoms with Crippen LogP contribution >= 0.6 is 0 Å². The lowest BCUT2D eigenvalue weighted by Crippen LogP contribution is -2.58. The Bertz CT molecular complexity index is 861. The van der Waals surface area contributed by atoms with Crippen LogP contribution in [0.5, 0.6) is 0 Å². The van der Waals surface area contributed by atoms with Crippen molar-refractivity contribution in [1.29, 1.82) is 0 Å². The molecule has 0 N–H and O–H groups in total. The number of rotatable bonds is 5. The second-order valence-electron chi connectivity index (χ2n) is 12.2. The fourth-order valence-electron chi connectivity index (χ4n) is 9.14. The van der Waals surface area contributed by atoms with Crippen LogP contribution in [0.4, 0.5) is 0 Å². The number of hydrogen-bond acceptors (Lipinski definition) is 5. The van der Waals surface area contributed by atoms with Crippen molar-refractivity contribution in [3.63, 3.8) is 0 Å². The van der Waals surface area contributed by atoms with Gasteiger partial charge in [0.15, 0.2) is 5.78 Å². The van der Waals surface area contributed by atoms with Crippen LogP contribution in [0.25, 0.3) is 0 Å². The molecule has 9 atom stereocenters. The van der Waals surface area contributed by atoms with Crippen LogP contribution in [0, 0.1) is 46.3 Å². The number of Topliss-reactive ketones (excluding diaryl/α,β-unsaturated/α-hetero) is 1. The van der Waals surface area contributed by atoms with Gasteiger partial charge < -0.3 is 9.47 Å². The van der Waals surface area contributed by atoms with Crippen LogP contribution in [0.3, 0.4) is 0 Å². The van der Waals surface area contributed by atoms with Gasteiger partial charge in [-0.3, -0.25) is 14.4 Å². The van der Waals surface area contributed by atoms with E-state index in [1.165, 1.54) is 20.5 Å². The summed E-state index contributed by atoms with van der Waals surface area (Å²) in [5.74, 6) is 2.15. The largest absolute Gasteiger partial charge is 0.469 e. The van der Waals surface area contributed by atoms with E-state index in [9.17, 15) is 14.4 Å². The van der Waals surface area contributed by atoms with Gasteiger partial charge in [0.2, 0.25) is 0 Å². The summed E-state index contributed by atoms with van der Waals surface area (Å²) in [7, 11) is 1.46. The highest BCUT2D eigenvalue weighted by atomic mass is 16.5. The topological polar surface area (TPSA) is 69.7 Å². The summed E-state index contributed by atoms with van der Waals surface area (Å²) in [6.45, 7) is 10.6. The van der Waals surface area contributed by atoms with Gasteiger partial charge in [0.25, 0.3) is 0 Å². The molecule has 4 rings (SSSR count). The number of ketones is 1. The molecule has 0 aliphatic heterocycles. The monoisotopic (exact) mass is 472 g/mol.